The molecule has 0 radical (unpaired) electrons. The van der Waals surface area contributed by atoms with Gasteiger partial charge in [0.15, 0.2) is 0 Å². The largest absolute Gasteiger partial charge is 0.497 e. The Morgan fingerprint density at radius 2 is 2.00 bits per heavy atom. The fourth-order valence-corrected chi connectivity index (χ4v) is 4.59. The molecule has 0 bridgehead atoms. The molecule has 0 amide bonds. The van der Waals surface area contributed by atoms with Gasteiger partial charge in [-0.3, -0.25) is 0 Å². The number of ether oxygens (including phenoxy) is 2. The third-order valence-corrected chi connectivity index (χ3v) is 6.50. The first-order valence-electron chi connectivity index (χ1n) is 10.3. The first-order valence-corrected chi connectivity index (χ1v) is 12.3. The standard InChI is InChI=1S/C24H26N2O4S2/c1-29-20-8-5-18(6-9-20)4-2-3-14-30-22-11-7-19(26-21(22)10-12-24(27)28)16-31-17-23-25-13-15-32-23/h5-13,15H,2-4,14,16-17H2,1H3,(H,27,28). The molecule has 1 aromatic carbocycles. The summed E-state index contributed by atoms with van der Waals surface area (Å²) < 4.78 is 11.1. The van der Waals surface area contributed by atoms with Gasteiger partial charge < -0.3 is 14.6 Å². The molecule has 32 heavy (non-hydrogen) atoms. The molecular formula is C24H26N2O4S2. The maximum Gasteiger partial charge on any atom is 0.328 e. The minimum Gasteiger partial charge on any atom is -0.497 e. The number of hydrogen-bond acceptors (Lipinski definition) is 7. The highest BCUT2D eigenvalue weighted by molar-refractivity contribution is 7.97. The smallest absolute Gasteiger partial charge is 0.328 e. The van der Waals surface area contributed by atoms with Crippen molar-refractivity contribution in [1.29, 1.82) is 0 Å². The molecule has 0 atom stereocenters. The van der Waals surface area contributed by atoms with Gasteiger partial charge in [-0.2, -0.15) is 0 Å². The normalized spacial score (nSPS) is 11.0. The Kier molecular flexibility index (Phi) is 9.59. The van der Waals surface area contributed by atoms with Crippen LogP contribution >= 0.6 is 23.1 Å². The van der Waals surface area contributed by atoms with Crippen LogP contribution in [0.4, 0.5) is 0 Å². The van der Waals surface area contributed by atoms with E-state index >= 15 is 0 Å². The van der Waals surface area contributed by atoms with Crippen LogP contribution in [0.15, 0.2) is 54.1 Å². The molecule has 0 unspecified atom stereocenters. The van der Waals surface area contributed by atoms with Crippen LogP contribution in [0.3, 0.4) is 0 Å². The van der Waals surface area contributed by atoms with E-state index in [0.29, 0.717) is 18.1 Å². The number of methoxy groups -OCH3 is 1. The molecule has 2 aromatic heterocycles. The highest BCUT2D eigenvalue weighted by Gasteiger charge is 2.07. The van der Waals surface area contributed by atoms with Crippen LogP contribution in [0.1, 0.15) is 34.8 Å². The van der Waals surface area contributed by atoms with Gasteiger partial charge in [-0.05, 0) is 55.2 Å². The number of carboxylic acid groups (broad SMARTS) is 1. The van der Waals surface area contributed by atoms with Gasteiger partial charge in [0.2, 0.25) is 0 Å². The molecule has 8 heteroatoms. The summed E-state index contributed by atoms with van der Waals surface area (Å²) in [7, 11) is 1.66. The third kappa shape index (κ3) is 8.01. The SMILES string of the molecule is COc1ccc(CCCCOc2ccc(CSCc3nccs3)nc2C=CC(=O)O)cc1. The average molecular weight is 471 g/mol. The van der Waals surface area contributed by atoms with E-state index in [1.807, 2.05) is 29.6 Å². The molecule has 0 fully saturated rings. The van der Waals surface area contributed by atoms with Crippen molar-refractivity contribution in [2.45, 2.75) is 30.8 Å². The summed E-state index contributed by atoms with van der Waals surface area (Å²) in [4.78, 5) is 19.9. The zero-order valence-corrected chi connectivity index (χ0v) is 19.5. The van der Waals surface area contributed by atoms with Crippen molar-refractivity contribution in [2.24, 2.45) is 0 Å². The molecule has 0 aliphatic rings. The van der Waals surface area contributed by atoms with Gasteiger partial charge in [-0.15, -0.1) is 23.1 Å². The van der Waals surface area contributed by atoms with Crippen molar-refractivity contribution in [1.82, 2.24) is 9.97 Å². The summed E-state index contributed by atoms with van der Waals surface area (Å²) in [6, 6.07) is 11.9. The Bertz CT molecular complexity index is 1010. The average Bonchev–Trinajstić information content (AvgIpc) is 3.32. The van der Waals surface area contributed by atoms with Crippen molar-refractivity contribution in [3.05, 3.63) is 76.0 Å². The van der Waals surface area contributed by atoms with Crippen LogP contribution < -0.4 is 9.47 Å². The number of hydrogen-bond donors (Lipinski definition) is 1. The van der Waals surface area contributed by atoms with E-state index in [1.165, 1.54) is 11.6 Å². The summed E-state index contributed by atoms with van der Waals surface area (Å²) in [6.07, 6.45) is 7.23. The lowest BCUT2D eigenvalue weighted by atomic mass is 10.1. The maximum absolute atomic E-state index is 11.0. The monoisotopic (exact) mass is 470 g/mol. The molecular weight excluding hydrogens is 444 g/mol. The second kappa shape index (κ2) is 12.9. The molecule has 0 saturated heterocycles. The first kappa shape index (κ1) is 23.8. The van der Waals surface area contributed by atoms with Crippen molar-refractivity contribution in [2.75, 3.05) is 13.7 Å². The van der Waals surface area contributed by atoms with Crippen molar-refractivity contribution < 1.29 is 19.4 Å². The number of unbranched alkanes of at least 4 members (excludes halogenated alkanes) is 1. The van der Waals surface area contributed by atoms with Crippen LogP contribution in [0.25, 0.3) is 6.08 Å². The van der Waals surface area contributed by atoms with Crippen molar-refractivity contribution >= 4 is 35.1 Å². The van der Waals surface area contributed by atoms with Gasteiger partial charge in [-0.1, -0.05) is 12.1 Å². The topological polar surface area (TPSA) is 81.5 Å². The summed E-state index contributed by atoms with van der Waals surface area (Å²) in [5.74, 6) is 1.99. The lowest BCUT2D eigenvalue weighted by Crippen LogP contribution is -2.02. The van der Waals surface area contributed by atoms with Crippen LogP contribution in [-0.4, -0.2) is 34.8 Å². The highest BCUT2D eigenvalue weighted by atomic mass is 32.2. The number of aryl methyl sites for hydroxylation is 1. The number of benzene rings is 1. The van der Waals surface area contributed by atoms with Gasteiger partial charge in [0.05, 0.1) is 19.4 Å². The number of carbonyl (C=O) groups is 1. The molecule has 2 heterocycles. The van der Waals surface area contributed by atoms with E-state index in [9.17, 15) is 4.79 Å². The van der Waals surface area contributed by atoms with Crippen molar-refractivity contribution in [3.63, 3.8) is 0 Å². The fraction of sp³-hybridized carbons (Fsp3) is 0.292. The van der Waals surface area contributed by atoms with Crippen molar-refractivity contribution in [3.8, 4) is 11.5 Å². The van der Waals surface area contributed by atoms with E-state index in [0.717, 1.165) is 53.3 Å². The van der Waals surface area contributed by atoms with Crippen LogP contribution in [0.2, 0.25) is 0 Å². The molecule has 6 nitrogen and oxygen atoms in total. The van der Waals surface area contributed by atoms with Crippen LogP contribution in [-0.2, 0) is 22.7 Å². The predicted octanol–water partition coefficient (Wildman–Crippen LogP) is 5.48. The second-order valence-electron chi connectivity index (χ2n) is 6.93. The Hall–Kier alpha value is -2.84. The molecule has 0 spiro atoms. The van der Waals surface area contributed by atoms with Gasteiger partial charge in [0.1, 0.15) is 22.2 Å². The molecule has 3 aromatic rings. The Morgan fingerprint density at radius 1 is 1.16 bits per heavy atom. The first-order chi connectivity index (χ1) is 15.6. The number of carboxylic acids is 1. The third-order valence-electron chi connectivity index (χ3n) is 4.56. The van der Waals surface area contributed by atoms with Gasteiger partial charge >= 0.3 is 5.97 Å². The fourth-order valence-electron chi connectivity index (χ4n) is 2.95. The van der Waals surface area contributed by atoms with Gasteiger partial charge in [0, 0.05) is 29.2 Å². The molecule has 3 rings (SSSR count). The van der Waals surface area contributed by atoms with E-state index in [4.69, 9.17) is 14.6 Å². The molecule has 168 valence electrons. The number of pyridine rings is 1. The molecule has 1 N–H and O–H groups in total. The molecule has 0 saturated carbocycles. The van der Waals surface area contributed by atoms with E-state index in [-0.39, 0.29) is 0 Å². The number of aromatic nitrogens is 2. The van der Waals surface area contributed by atoms with E-state index in [2.05, 4.69) is 22.1 Å². The minimum absolute atomic E-state index is 0.537. The summed E-state index contributed by atoms with van der Waals surface area (Å²) >= 11 is 3.36. The lowest BCUT2D eigenvalue weighted by Gasteiger charge is -2.10. The van der Waals surface area contributed by atoms with Gasteiger partial charge in [-0.25, -0.2) is 14.8 Å². The Balaban J connectivity index is 1.50. The summed E-state index contributed by atoms with van der Waals surface area (Å²) in [6.45, 7) is 0.546. The van der Waals surface area contributed by atoms with E-state index < -0.39 is 5.97 Å². The summed E-state index contributed by atoms with van der Waals surface area (Å²) in [5.41, 5.74) is 2.68. The minimum atomic E-state index is -1.01. The maximum atomic E-state index is 11.0. The predicted molar refractivity (Wildman–Crippen MR) is 129 cm³/mol. The van der Waals surface area contributed by atoms with Gasteiger partial charge in [0.25, 0.3) is 0 Å². The highest BCUT2D eigenvalue weighted by Crippen LogP contribution is 2.23. The number of nitrogens with zero attached hydrogens (tertiary/aromatic N) is 2. The van der Waals surface area contributed by atoms with Crippen LogP contribution in [0.5, 0.6) is 11.5 Å². The number of thiazole rings is 1. The molecule has 0 aliphatic heterocycles. The molecule has 0 aliphatic carbocycles. The zero-order chi connectivity index (χ0) is 22.6. The zero-order valence-electron chi connectivity index (χ0n) is 17.9. The van der Waals surface area contributed by atoms with Crippen LogP contribution in [0, 0.1) is 0 Å². The quantitative estimate of drug-likeness (QED) is 0.262. The summed E-state index contributed by atoms with van der Waals surface area (Å²) in [5, 5.41) is 12.0. The lowest BCUT2D eigenvalue weighted by molar-refractivity contribution is -0.131. The second-order valence-corrected chi connectivity index (χ2v) is 8.89. The number of aliphatic carboxylic acids is 1. The number of thioether (sulfide) groups is 1. The Morgan fingerprint density at radius 3 is 2.72 bits per heavy atom. The Labute approximate surface area is 196 Å². The van der Waals surface area contributed by atoms with E-state index in [1.54, 1.807) is 36.4 Å². The number of rotatable bonds is 13.